The maximum Gasteiger partial charge on any atom is 0.0687 e. The van der Waals surface area contributed by atoms with Crippen LogP contribution in [0.1, 0.15) is 16.8 Å². The van der Waals surface area contributed by atoms with Gasteiger partial charge in [0.05, 0.1) is 6.61 Å². The van der Waals surface area contributed by atoms with Crippen molar-refractivity contribution in [1.82, 2.24) is 4.98 Å². The number of aliphatic hydroxyl groups is 1. The number of aliphatic hydroxyl groups excluding tert-OH is 1. The monoisotopic (exact) mass is 187 g/mol. The van der Waals surface area contributed by atoms with E-state index in [2.05, 4.69) is 11.9 Å². The third kappa shape index (κ3) is 1.28. The van der Waals surface area contributed by atoms with E-state index in [1.807, 2.05) is 25.1 Å². The van der Waals surface area contributed by atoms with Crippen LogP contribution in [-0.2, 0) is 6.61 Å². The normalized spacial score (nSPS) is 10.8. The SMILES string of the molecule is Cc1ccc(CO)c2ccnc(C)c12. The molecule has 14 heavy (non-hydrogen) atoms. The van der Waals surface area contributed by atoms with Crippen LogP contribution in [0.2, 0.25) is 0 Å². The number of hydrogen-bond donors (Lipinski definition) is 1. The van der Waals surface area contributed by atoms with Gasteiger partial charge in [0.2, 0.25) is 0 Å². The van der Waals surface area contributed by atoms with Crippen LogP contribution >= 0.6 is 0 Å². The zero-order chi connectivity index (χ0) is 10.1. The van der Waals surface area contributed by atoms with Crippen molar-refractivity contribution in [3.05, 3.63) is 41.2 Å². The second kappa shape index (κ2) is 3.39. The summed E-state index contributed by atoms with van der Waals surface area (Å²) in [5, 5.41) is 11.5. The number of benzene rings is 1. The number of pyridine rings is 1. The van der Waals surface area contributed by atoms with E-state index in [1.165, 1.54) is 10.9 Å². The van der Waals surface area contributed by atoms with Gasteiger partial charge in [0, 0.05) is 17.3 Å². The molecule has 0 amide bonds. The Morgan fingerprint density at radius 3 is 2.71 bits per heavy atom. The van der Waals surface area contributed by atoms with Crippen molar-refractivity contribution in [2.75, 3.05) is 0 Å². The lowest BCUT2D eigenvalue weighted by Crippen LogP contribution is -1.92. The van der Waals surface area contributed by atoms with E-state index in [0.29, 0.717) is 0 Å². The summed E-state index contributed by atoms with van der Waals surface area (Å²) in [6, 6.07) is 5.96. The second-order valence-corrected chi connectivity index (χ2v) is 3.52. The van der Waals surface area contributed by atoms with Crippen LogP contribution < -0.4 is 0 Å². The van der Waals surface area contributed by atoms with E-state index in [9.17, 15) is 5.11 Å². The Morgan fingerprint density at radius 1 is 1.21 bits per heavy atom. The Hall–Kier alpha value is -1.41. The van der Waals surface area contributed by atoms with Gasteiger partial charge in [0.25, 0.3) is 0 Å². The summed E-state index contributed by atoms with van der Waals surface area (Å²) in [4.78, 5) is 4.26. The fourth-order valence-corrected chi connectivity index (χ4v) is 1.87. The van der Waals surface area contributed by atoms with Crippen molar-refractivity contribution in [3.63, 3.8) is 0 Å². The van der Waals surface area contributed by atoms with E-state index in [4.69, 9.17) is 0 Å². The summed E-state index contributed by atoms with van der Waals surface area (Å²) in [5.41, 5.74) is 3.20. The Bertz CT molecular complexity index is 469. The van der Waals surface area contributed by atoms with Gasteiger partial charge in [-0.1, -0.05) is 12.1 Å². The first-order valence-electron chi connectivity index (χ1n) is 4.68. The summed E-state index contributed by atoms with van der Waals surface area (Å²) in [6.07, 6.45) is 1.79. The minimum Gasteiger partial charge on any atom is -0.392 e. The van der Waals surface area contributed by atoms with E-state index in [1.54, 1.807) is 6.20 Å². The number of aryl methyl sites for hydroxylation is 2. The highest BCUT2D eigenvalue weighted by molar-refractivity contribution is 5.90. The van der Waals surface area contributed by atoms with Crippen LogP contribution in [0.5, 0.6) is 0 Å². The summed E-state index contributed by atoms with van der Waals surface area (Å²) < 4.78 is 0. The summed E-state index contributed by atoms with van der Waals surface area (Å²) >= 11 is 0. The largest absolute Gasteiger partial charge is 0.392 e. The molecule has 0 saturated carbocycles. The summed E-state index contributed by atoms with van der Waals surface area (Å²) in [6.45, 7) is 4.15. The van der Waals surface area contributed by atoms with Gasteiger partial charge in [-0.3, -0.25) is 4.98 Å². The quantitative estimate of drug-likeness (QED) is 0.743. The lowest BCUT2D eigenvalue weighted by Gasteiger charge is -2.08. The van der Waals surface area contributed by atoms with Crippen molar-refractivity contribution in [1.29, 1.82) is 0 Å². The van der Waals surface area contributed by atoms with E-state index >= 15 is 0 Å². The van der Waals surface area contributed by atoms with Crippen LogP contribution in [0.3, 0.4) is 0 Å². The van der Waals surface area contributed by atoms with Crippen molar-refractivity contribution >= 4 is 10.8 Å². The number of aromatic nitrogens is 1. The topological polar surface area (TPSA) is 33.1 Å². The molecule has 2 rings (SSSR count). The lowest BCUT2D eigenvalue weighted by molar-refractivity contribution is 0.283. The van der Waals surface area contributed by atoms with Gasteiger partial charge in [0.15, 0.2) is 0 Å². The highest BCUT2D eigenvalue weighted by atomic mass is 16.3. The molecule has 0 atom stereocenters. The molecule has 0 aliphatic heterocycles. The zero-order valence-electron chi connectivity index (χ0n) is 8.41. The van der Waals surface area contributed by atoms with Gasteiger partial charge in [-0.05, 0) is 36.4 Å². The number of rotatable bonds is 1. The van der Waals surface area contributed by atoms with Gasteiger partial charge in [-0.25, -0.2) is 0 Å². The Balaban J connectivity index is 2.91. The third-order valence-corrected chi connectivity index (χ3v) is 2.59. The van der Waals surface area contributed by atoms with Crippen LogP contribution in [0, 0.1) is 13.8 Å². The molecule has 72 valence electrons. The van der Waals surface area contributed by atoms with Crippen LogP contribution in [0.4, 0.5) is 0 Å². The molecule has 0 radical (unpaired) electrons. The first-order chi connectivity index (χ1) is 6.74. The van der Waals surface area contributed by atoms with Crippen LogP contribution in [0.25, 0.3) is 10.8 Å². The Kier molecular flexibility index (Phi) is 2.22. The molecular formula is C12H13NO. The number of nitrogens with zero attached hydrogens (tertiary/aromatic N) is 1. The molecule has 1 aromatic carbocycles. The standard InChI is InChI=1S/C12H13NO/c1-8-3-4-10(7-14)11-5-6-13-9(2)12(8)11/h3-6,14H,7H2,1-2H3. The molecule has 0 aliphatic carbocycles. The second-order valence-electron chi connectivity index (χ2n) is 3.52. The van der Waals surface area contributed by atoms with Crippen molar-refractivity contribution in [3.8, 4) is 0 Å². The molecule has 1 heterocycles. The van der Waals surface area contributed by atoms with Crippen LogP contribution in [0.15, 0.2) is 24.4 Å². The predicted octanol–water partition coefficient (Wildman–Crippen LogP) is 2.34. The van der Waals surface area contributed by atoms with Crippen molar-refractivity contribution in [2.45, 2.75) is 20.5 Å². The van der Waals surface area contributed by atoms with Gasteiger partial charge >= 0.3 is 0 Å². The number of fused-ring (bicyclic) bond motifs is 1. The molecule has 0 unspecified atom stereocenters. The fraction of sp³-hybridized carbons (Fsp3) is 0.250. The molecule has 2 heteroatoms. The van der Waals surface area contributed by atoms with Gasteiger partial charge in [-0.15, -0.1) is 0 Å². The molecule has 2 nitrogen and oxygen atoms in total. The molecule has 1 aromatic heterocycles. The fourth-order valence-electron chi connectivity index (χ4n) is 1.87. The molecule has 0 saturated heterocycles. The average molecular weight is 187 g/mol. The minimum atomic E-state index is 0.0836. The summed E-state index contributed by atoms with van der Waals surface area (Å²) in [5.74, 6) is 0. The first kappa shape index (κ1) is 9.16. The third-order valence-electron chi connectivity index (χ3n) is 2.59. The smallest absolute Gasteiger partial charge is 0.0687 e. The molecule has 0 bridgehead atoms. The highest BCUT2D eigenvalue weighted by Gasteiger charge is 2.05. The Morgan fingerprint density at radius 2 is 2.00 bits per heavy atom. The van der Waals surface area contributed by atoms with Gasteiger partial charge < -0.3 is 5.11 Å². The van der Waals surface area contributed by atoms with Gasteiger partial charge in [-0.2, -0.15) is 0 Å². The maximum atomic E-state index is 9.20. The molecule has 1 N–H and O–H groups in total. The molecule has 0 fully saturated rings. The average Bonchev–Trinajstić information content (AvgIpc) is 2.18. The maximum absolute atomic E-state index is 9.20. The highest BCUT2D eigenvalue weighted by Crippen LogP contribution is 2.24. The predicted molar refractivity (Wildman–Crippen MR) is 57.1 cm³/mol. The van der Waals surface area contributed by atoms with Gasteiger partial charge in [0.1, 0.15) is 0 Å². The zero-order valence-corrected chi connectivity index (χ0v) is 8.41. The Labute approximate surface area is 83.2 Å². The van der Waals surface area contributed by atoms with Crippen molar-refractivity contribution < 1.29 is 5.11 Å². The number of hydrogen-bond acceptors (Lipinski definition) is 2. The first-order valence-corrected chi connectivity index (χ1v) is 4.68. The molecule has 2 aromatic rings. The van der Waals surface area contributed by atoms with Crippen molar-refractivity contribution in [2.24, 2.45) is 0 Å². The molecular weight excluding hydrogens is 174 g/mol. The minimum absolute atomic E-state index is 0.0836. The summed E-state index contributed by atoms with van der Waals surface area (Å²) in [7, 11) is 0. The van der Waals surface area contributed by atoms with E-state index < -0.39 is 0 Å². The molecule has 0 spiro atoms. The van der Waals surface area contributed by atoms with E-state index in [0.717, 1.165) is 16.6 Å². The molecule has 0 aliphatic rings. The lowest BCUT2D eigenvalue weighted by atomic mass is 10.0. The van der Waals surface area contributed by atoms with Crippen LogP contribution in [-0.4, -0.2) is 10.1 Å². The van der Waals surface area contributed by atoms with E-state index in [-0.39, 0.29) is 6.61 Å².